The van der Waals surface area contributed by atoms with E-state index in [1.54, 1.807) is 18.6 Å². The monoisotopic (exact) mass is 217 g/mol. The third kappa shape index (κ3) is 2.13. The molecular formula is C11H15N5. The van der Waals surface area contributed by atoms with Gasteiger partial charge in [-0.15, -0.1) is 0 Å². The van der Waals surface area contributed by atoms with E-state index in [0.29, 0.717) is 5.69 Å². The second-order valence-corrected chi connectivity index (χ2v) is 3.54. The normalized spacial score (nSPS) is 12.3. The fourth-order valence-electron chi connectivity index (χ4n) is 1.56. The summed E-state index contributed by atoms with van der Waals surface area (Å²) in [5.74, 6) is 0.915. The molecule has 0 aliphatic heterocycles. The van der Waals surface area contributed by atoms with E-state index in [1.165, 1.54) is 0 Å². The number of hydrogen-bond donors (Lipinski definition) is 3. The van der Waals surface area contributed by atoms with E-state index in [4.69, 9.17) is 5.73 Å². The van der Waals surface area contributed by atoms with E-state index in [9.17, 15) is 0 Å². The van der Waals surface area contributed by atoms with Crippen LogP contribution in [0.3, 0.4) is 0 Å². The molecule has 0 fully saturated rings. The van der Waals surface area contributed by atoms with Gasteiger partial charge in [-0.05, 0) is 12.5 Å². The molecule has 2 aromatic heterocycles. The van der Waals surface area contributed by atoms with Crippen molar-refractivity contribution in [1.82, 2.24) is 15.0 Å². The molecule has 5 nitrogen and oxygen atoms in total. The molecule has 0 aliphatic carbocycles. The van der Waals surface area contributed by atoms with Crippen molar-refractivity contribution in [2.75, 3.05) is 11.1 Å². The molecule has 0 saturated carbocycles. The maximum atomic E-state index is 5.82. The minimum atomic E-state index is 0.139. The van der Waals surface area contributed by atoms with Crippen LogP contribution in [0, 0.1) is 0 Å². The Morgan fingerprint density at radius 2 is 2.38 bits per heavy atom. The highest BCUT2D eigenvalue weighted by Gasteiger charge is 2.12. The first-order chi connectivity index (χ1) is 7.81. The summed E-state index contributed by atoms with van der Waals surface area (Å²) in [6, 6.07) is 2.00. The second-order valence-electron chi connectivity index (χ2n) is 3.54. The number of rotatable bonds is 4. The lowest BCUT2D eigenvalue weighted by Crippen LogP contribution is -2.12. The Hall–Kier alpha value is -2.04. The third-order valence-electron chi connectivity index (χ3n) is 2.44. The van der Waals surface area contributed by atoms with E-state index in [2.05, 4.69) is 27.2 Å². The molecule has 0 spiro atoms. The van der Waals surface area contributed by atoms with Crippen LogP contribution in [0.25, 0.3) is 0 Å². The molecule has 1 atom stereocenters. The first-order valence-corrected chi connectivity index (χ1v) is 5.26. The molecule has 16 heavy (non-hydrogen) atoms. The van der Waals surface area contributed by atoms with Gasteiger partial charge >= 0.3 is 0 Å². The second kappa shape index (κ2) is 4.65. The predicted molar refractivity (Wildman–Crippen MR) is 63.9 cm³/mol. The minimum Gasteiger partial charge on any atom is -0.396 e. The third-order valence-corrected chi connectivity index (χ3v) is 2.44. The van der Waals surface area contributed by atoms with Crippen LogP contribution in [0.1, 0.15) is 25.2 Å². The number of nitrogen functional groups attached to an aromatic ring is 1. The molecule has 2 aromatic rings. The van der Waals surface area contributed by atoms with Crippen molar-refractivity contribution in [3.05, 3.63) is 36.7 Å². The molecule has 2 rings (SSSR count). The SMILES string of the molecule is CCC(Nc1ccncc1N)c1ncc[nH]1. The Morgan fingerprint density at radius 3 is 3.00 bits per heavy atom. The molecule has 0 radical (unpaired) electrons. The molecule has 0 aromatic carbocycles. The van der Waals surface area contributed by atoms with Gasteiger partial charge in [0.2, 0.25) is 0 Å². The van der Waals surface area contributed by atoms with Crippen molar-refractivity contribution in [1.29, 1.82) is 0 Å². The lowest BCUT2D eigenvalue weighted by molar-refractivity contribution is 0.704. The van der Waals surface area contributed by atoms with Crippen LogP contribution in [0.2, 0.25) is 0 Å². The number of H-pyrrole nitrogens is 1. The zero-order chi connectivity index (χ0) is 11.4. The van der Waals surface area contributed by atoms with Gasteiger partial charge in [0.15, 0.2) is 0 Å². The molecular weight excluding hydrogens is 202 g/mol. The lowest BCUT2D eigenvalue weighted by atomic mass is 10.2. The van der Waals surface area contributed by atoms with Crippen molar-refractivity contribution in [3.8, 4) is 0 Å². The van der Waals surface area contributed by atoms with Crippen molar-refractivity contribution in [2.45, 2.75) is 19.4 Å². The van der Waals surface area contributed by atoms with Crippen LogP contribution in [-0.4, -0.2) is 15.0 Å². The van der Waals surface area contributed by atoms with Crippen molar-refractivity contribution in [3.63, 3.8) is 0 Å². The Kier molecular flexibility index (Phi) is 3.05. The summed E-state index contributed by atoms with van der Waals surface area (Å²) in [4.78, 5) is 11.3. The fourth-order valence-corrected chi connectivity index (χ4v) is 1.56. The number of aromatic nitrogens is 3. The summed E-state index contributed by atoms with van der Waals surface area (Å²) in [6.45, 7) is 2.09. The van der Waals surface area contributed by atoms with Crippen LogP contribution < -0.4 is 11.1 Å². The number of anilines is 2. The first-order valence-electron chi connectivity index (χ1n) is 5.26. The summed E-state index contributed by atoms with van der Waals surface area (Å²) in [5, 5.41) is 3.34. The van der Waals surface area contributed by atoms with E-state index < -0.39 is 0 Å². The van der Waals surface area contributed by atoms with Crippen molar-refractivity contribution < 1.29 is 0 Å². The Morgan fingerprint density at radius 1 is 1.50 bits per heavy atom. The van der Waals surface area contributed by atoms with Gasteiger partial charge < -0.3 is 16.0 Å². The molecule has 0 saturated heterocycles. The van der Waals surface area contributed by atoms with Gasteiger partial charge in [-0.25, -0.2) is 4.98 Å². The number of imidazole rings is 1. The molecule has 4 N–H and O–H groups in total. The van der Waals surface area contributed by atoms with Crippen molar-refractivity contribution >= 4 is 11.4 Å². The summed E-state index contributed by atoms with van der Waals surface area (Å²) < 4.78 is 0. The lowest BCUT2D eigenvalue weighted by Gasteiger charge is -2.17. The molecule has 84 valence electrons. The minimum absolute atomic E-state index is 0.139. The highest BCUT2D eigenvalue weighted by molar-refractivity contribution is 5.64. The van der Waals surface area contributed by atoms with E-state index >= 15 is 0 Å². The predicted octanol–water partition coefficient (Wildman–Crippen LogP) is 1.95. The maximum absolute atomic E-state index is 5.82. The van der Waals surface area contributed by atoms with Crippen LogP contribution in [0.5, 0.6) is 0 Å². The standard InChI is InChI=1S/C11H15N5/c1-2-9(11-14-5-6-15-11)16-10-3-4-13-7-8(10)12/h3-7,9H,2,12H2,1H3,(H,13,16)(H,14,15). The summed E-state index contributed by atoms with van der Waals surface area (Å²) >= 11 is 0. The number of hydrogen-bond acceptors (Lipinski definition) is 4. The van der Waals surface area contributed by atoms with Gasteiger partial charge in [-0.3, -0.25) is 4.98 Å². The highest BCUT2D eigenvalue weighted by Crippen LogP contribution is 2.23. The average molecular weight is 217 g/mol. The van der Waals surface area contributed by atoms with Gasteiger partial charge in [-0.2, -0.15) is 0 Å². The van der Waals surface area contributed by atoms with E-state index in [0.717, 1.165) is 17.9 Å². The average Bonchev–Trinajstić information content (AvgIpc) is 2.81. The molecule has 5 heteroatoms. The summed E-state index contributed by atoms with van der Waals surface area (Å²) in [5.41, 5.74) is 7.35. The molecule has 0 aliphatic rings. The number of pyridine rings is 1. The number of aromatic amines is 1. The number of nitrogens with one attached hydrogen (secondary N) is 2. The van der Waals surface area contributed by atoms with Gasteiger partial charge in [0.1, 0.15) is 5.82 Å². The number of nitrogens with two attached hydrogens (primary N) is 1. The first kappa shape index (κ1) is 10.5. The quantitative estimate of drug-likeness (QED) is 0.731. The highest BCUT2D eigenvalue weighted by atomic mass is 15.0. The fraction of sp³-hybridized carbons (Fsp3) is 0.273. The van der Waals surface area contributed by atoms with Crippen LogP contribution >= 0.6 is 0 Å². The topological polar surface area (TPSA) is 79.6 Å². The molecule has 0 bridgehead atoms. The largest absolute Gasteiger partial charge is 0.396 e. The van der Waals surface area contributed by atoms with Crippen molar-refractivity contribution in [2.24, 2.45) is 0 Å². The van der Waals surface area contributed by atoms with Gasteiger partial charge in [0.25, 0.3) is 0 Å². The number of nitrogens with zero attached hydrogens (tertiary/aromatic N) is 2. The molecule has 1 unspecified atom stereocenters. The zero-order valence-corrected chi connectivity index (χ0v) is 9.14. The molecule has 2 heterocycles. The zero-order valence-electron chi connectivity index (χ0n) is 9.14. The van der Waals surface area contributed by atoms with Gasteiger partial charge in [-0.1, -0.05) is 6.92 Å². The Bertz CT molecular complexity index is 437. The van der Waals surface area contributed by atoms with E-state index in [1.807, 2.05) is 12.3 Å². The van der Waals surface area contributed by atoms with Crippen LogP contribution in [0.4, 0.5) is 11.4 Å². The van der Waals surface area contributed by atoms with Gasteiger partial charge in [0, 0.05) is 18.6 Å². The molecule has 0 amide bonds. The Labute approximate surface area is 94.1 Å². The van der Waals surface area contributed by atoms with Crippen LogP contribution in [0.15, 0.2) is 30.9 Å². The maximum Gasteiger partial charge on any atom is 0.128 e. The summed E-state index contributed by atoms with van der Waals surface area (Å²) in [7, 11) is 0. The smallest absolute Gasteiger partial charge is 0.128 e. The summed E-state index contributed by atoms with van der Waals surface area (Å²) in [6.07, 6.45) is 7.84. The Balaban J connectivity index is 2.17. The van der Waals surface area contributed by atoms with E-state index in [-0.39, 0.29) is 6.04 Å². The van der Waals surface area contributed by atoms with Gasteiger partial charge in [0.05, 0.1) is 23.6 Å². The van der Waals surface area contributed by atoms with Crippen LogP contribution in [-0.2, 0) is 0 Å².